The molecule has 0 saturated heterocycles. The average Bonchev–Trinajstić information content (AvgIpc) is 2.06. The summed E-state index contributed by atoms with van der Waals surface area (Å²) in [5.74, 6) is 0. The van der Waals surface area contributed by atoms with Gasteiger partial charge in [-0.25, -0.2) is 0 Å². The Morgan fingerprint density at radius 1 is 1.09 bits per heavy atom. The molecule has 1 heterocycles. The van der Waals surface area contributed by atoms with Gasteiger partial charge in [0.2, 0.25) is 0 Å². The van der Waals surface area contributed by atoms with Gasteiger partial charge in [-0.2, -0.15) is 0 Å². The van der Waals surface area contributed by atoms with Gasteiger partial charge in [0, 0.05) is 0 Å². The first-order valence-corrected chi connectivity index (χ1v) is 5.85. The number of rotatable bonds is 0. The molecule has 11 heavy (non-hydrogen) atoms. The second-order valence-electron chi connectivity index (χ2n) is 2.28. The third kappa shape index (κ3) is 1.24. The van der Waals surface area contributed by atoms with E-state index in [-0.39, 0.29) is 25.9 Å². The first-order valence-electron chi connectivity index (χ1n) is 3.34. The molecule has 0 spiro atoms. The fourth-order valence-corrected chi connectivity index (χ4v) is 3.20. The van der Waals surface area contributed by atoms with Crippen molar-refractivity contribution in [3.63, 3.8) is 0 Å². The van der Waals surface area contributed by atoms with E-state index in [4.69, 9.17) is 0 Å². The zero-order valence-corrected chi connectivity index (χ0v) is 8.11. The van der Waals surface area contributed by atoms with Crippen LogP contribution in [0.25, 0.3) is 9.14 Å². The van der Waals surface area contributed by atoms with Crippen LogP contribution in [0.4, 0.5) is 0 Å². The van der Waals surface area contributed by atoms with Gasteiger partial charge in [0.1, 0.15) is 0 Å². The maximum atomic E-state index is 11.2. The van der Waals surface area contributed by atoms with Crippen molar-refractivity contribution in [3.8, 4) is 9.14 Å². The van der Waals surface area contributed by atoms with Crippen LogP contribution < -0.4 is 5.43 Å². The summed E-state index contributed by atoms with van der Waals surface area (Å²) < 4.78 is 3.46. The van der Waals surface area contributed by atoms with Gasteiger partial charge in [-0.1, -0.05) is 0 Å². The van der Waals surface area contributed by atoms with Crippen LogP contribution >= 0.6 is 0 Å². The van der Waals surface area contributed by atoms with Crippen molar-refractivity contribution in [2.75, 3.05) is 0 Å². The van der Waals surface area contributed by atoms with Crippen LogP contribution in [0, 0.1) is 0 Å². The first-order chi connectivity index (χ1) is 5.38. The molecule has 0 aromatic carbocycles. The molecule has 0 amide bonds. The summed E-state index contributed by atoms with van der Waals surface area (Å²) in [6, 6.07) is 9.43. The molecule has 54 valence electrons. The standard InChI is InChI=1S/C9H6OTe/c10-8-4-1-5-9-7(8)3-2-6-11-9/h1-6H. The molecule has 2 rings (SSSR count). The van der Waals surface area contributed by atoms with Gasteiger partial charge in [-0.3, -0.25) is 0 Å². The Morgan fingerprint density at radius 3 is 2.82 bits per heavy atom. The van der Waals surface area contributed by atoms with E-state index in [0.717, 1.165) is 5.56 Å². The van der Waals surface area contributed by atoms with Crippen LogP contribution in [0.5, 0.6) is 0 Å². The molecular formula is C9H6OTe. The van der Waals surface area contributed by atoms with Crippen LogP contribution in [-0.2, 0) is 0 Å². The maximum absolute atomic E-state index is 11.2. The zero-order valence-electron chi connectivity index (χ0n) is 5.78. The van der Waals surface area contributed by atoms with Gasteiger partial charge in [0.15, 0.2) is 0 Å². The van der Waals surface area contributed by atoms with E-state index in [1.807, 2.05) is 18.2 Å². The minimum absolute atomic E-state index is 0.164. The summed E-state index contributed by atoms with van der Waals surface area (Å²) >= 11 is -0.202. The second kappa shape index (κ2) is 2.81. The Balaban J connectivity index is 2.90. The molecule has 1 aliphatic carbocycles. The molecule has 1 aliphatic heterocycles. The molecule has 0 radical (unpaired) electrons. The summed E-state index contributed by atoms with van der Waals surface area (Å²) in [5, 5.41) is 0. The number of benzene rings is 1. The van der Waals surface area contributed by atoms with E-state index in [0.29, 0.717) is 0 Å². The van der Waals surface area contributed by atoms with Crippen LogP contribution in [0.1, 0.15) is 0 Å². The third-order valence-corrected chi connectivity index (χ3v) is 4.14. The van der Waals surface area contributed by atoms with Crippen molar-refractivity contribution in [1.82, 2.24) is 0 Å². The summed E-state index contributed by atoms with van der Waals surface area (Å²) in [5.41, 5.74) is 1.08. The van der Waals surface area contributed by atoms with Gasteiger partial charge in [-0.15, -0.1) is 0 Å². The van der Waals surface area contributed by atoms with E-state index in [1.165, 1.54) is 3.58 Å². The number of hydrogen-bond acceptors (Lipinski definition) is 1. The topological polar surface area (TPSA) is 17.1 Å². The Bertz CT molecular complexity index is 391. The van der Waals surface area contributed by atoms with E-state index in [1.54, 1.807) is 6.07 Å². The van der Waals surface area contributed by atoms with Crippen molar-refractivity contribution in [3.05, 3.63) is 44.6 Å². The number of fused-ring (bicyclic) bond motifs is 1. The van der Waals surface area contributed by atoms with Gasteiger partial charge < -0.3 is 0 Å². The monoisotopic (exact) mass is 260 g/mol. The Morgan fingerprint density at radius 2 is 2.00 bits per heavy atom. The molecular weight excluding hydrogens is 252 g/mol. The quantitative estimate of drug-likeness (QED) is 0.649. The minimum atomic E-state index is -0.202. The molecule has 0 atom stereocenters. The SMILES string of the molecule is O=c1cccc2[te]cccc1-2. The Kier molecular flexibility index (Phi) is 1.81. The molecule has 0 aromatic rings. The van der Waals surface area contributed by atoms with E-state index >= 15 is 0 Å². The van der Waals surface area contributed by atoms with Crippen molar-refractivity contribution in [2.24, 2.45) is 0 Å². The van der Waals surface area contributed by atoms with Gasteiger partial charge in [0.25, 0.3) is 0 Å². The fraction of sp³-hybridized carbons (Fsp3) is 0. The fourth-order valence-electron chi connectivity index (χ4n) is 1.04. The van der Waals surface area contributed by atoms with Gasteiger partial charge in [-0.05, 0) is 0 Å². The predicted octanol–water partition coefficient (Wildman–Crippen LogP) is 1.21. The summed E-state index contributed by atoms with van der Waals surface area (Å²) in [7, 11) is 0. The first kappa shape index (κ1) is 7.09. The van der Waals surface area contributed by atoms with E-state index in [9.17, 15) is 4.79 Å². The molecule has 0 N–H and O–H groups in total. The van der Waals surface area contributed by atoms with Gasteiger partial charge in [0.05, 0.1) is 0 Å². The molecule has 2 aliphatic rings. The summed E-state index contributed by atoms with van der Waals surface area (Å²) in [4.78, 5) is 11.2. The molecule has 0 unspecified atom stereocenters. The van der Waals surface area contributed by atoms with Crippen LogP contribution in [-0.4, -0.2) is 20.4 Å². The average molecular weight is 258 g/mol. The third-order valence-electron chi connectivity index (χ3n) is 1.56. The molecule has 0 fully saturated rings. The molecule has 0 saturated carbocycles. The van der Waals surface area contributed by atoms with E-state index in [2.05, 4.69) is 10.1 Å². The van der Waals surface area contributed by atoms with Crippen molar-refractivity contribution >= 4 is 20.4 Å². The molecule has 0 aromatic heterocycles. The van der Waals surface area contributed by atoms with Crippen molar-refractivity contribution in [1.29, 1.82) is 0 Å². The van der Waals surface area contributed by atoms with E-state index < -0.39 is 0 Å². The van der Waals surface area contributed by atoms with Crippen LogP contribution in [0.15, 0.2) is 39.2 Å². The second-order valence-corrected chi connectivity index (χ2v) is 4.99. The van der Waals surface area contributed by atoms with Crippen LogP contribution in [0.3, 0.4) is 0 Å². The van der Waals surface area contributed by atoms with Crippen molar-refractivity contribution in [2.45, 2.75) is 0 Å². The summed E-state index contributed by atoms with van der Waals surface area (Å²) in [6.45, 7) is 0. The summed E-state index contributed by atoms with van der Waals surface area (Å²) in [6.07, 6.45) is 0. The normalized spacial score (nSPS) is 10.2. The molecule has 2 heteroatoms. The molecule has 1 nitrogen and oxygen atoms in total. The zero-order chi connectivity index (χ0) is 7.68. The van der Waals surface area contributed by atoms with Crippen molar-refractivity contribution < 1.29 is 0 Å². The van der Waals surface area contributed by atoms with Crippen LogP contribution in [0.2, 0.25) is 0 Å². The predicted molar refractivity (Wildman–Crippen MR) is 46.3 cm³/mol. The van der Waals surface area contributed by atoms with Gasteiger partial charge >= 0.3 is 74.2 Å². The Labute approximate surface area is 74.3 Å². The number of hydrogen-bond donors (Lipinski definition) is 0. The molecule has 0 bridgehead atoms. The Hall–Kier alpha value is -0.580.